The predicted octanol–water partition coefficient (Wildman–Crippen LogP) is 0.525. The molecule has 0 aliphatic rings. The first-order valence-corrected chi connectivity index (χ1v) is 9.99. The molecule has 0 heterocycles. The van der Waals surface area contributed by atoms with Crippen LogP contribution >= 0.6 is 12.2 Å². The first-order valence-electron chi connectivity index (χ1n) is 6.70. The van der Waals surface area contributed by atoms with Crippen molar-refractivity contribution >= 4 is 48.9 Å². The number of benzene rings is 2. The van der Waals surface area contributed by atoms with Crippen LogP contribution in [-0.2, 0) is 20.2 Å². The van der Waals surface area contributed by atoms with Crippen LogP contribution in [-0.4, -0.2) is 31.1 Å². The molecule has 0 aliphatic carbocycles. The largest absolute Gasteiger partial charge is 0.294 e. The molecule has 0 aromatic heterocycles. The maximum atomic E-state index is 11.0. The zero-order valence-corrected chi connectivity index (χ0v) is 15.4. The number of hydrogen-bond acceptors (Lipinski definition) is 7. The van der Waals surface area contributed by atoms with E-state index in [-0.39, 0.29) is 26.3 Å². The van der Waals surface area contributed by atoms with Crippen LogP contribution in [0.3, 0.4) is 0 Å². The zero-order valence-electron chi connectivity index (χ0n) is 12.9. The molecule has 0 radical (unpaired) electrons. The van der Waals surface area contributed by atoms with Crippen LogP contribution in [0.4, 0.5) is 11.4 Å². The van der Waals surface area contributed by atoms with E-state index < -0.39 is 20.2 Å². The Morgan fingerprint density at radius 3 is 1.23 bits per heavy atom. The second-order valence-corrected chi connectivity index (χ2v) is 8.17. The number of thiocarbonyl (C=S) groups is 1. The van der Waals surface area contributed by atoms with E-state index in [1.54, 1.807) is 0 Å². The van der Waals surface area contributed by atoms with Gasteiger partial charge in [-0.15, -0.1) is 0 Å². The summed E-state index contributed by atoms with van der Waals surface area (Å²) < 4.78 is 62.1. The van der Waals surface area contributed by atoms with Crippen LogP contribution in [0.5, 0.6) is 0 Å². The fourth-order valence-electron chi connectivity index (χ4n) is 1.89. The van der Waals surface area contributed by atoms with Crippen molar-refractivity contribution in [3.05, 3.63) is 48.5 Å². The number of rotatable bonds is 4. The second-order valence-electron chi connectivity index (χ2n) is 4.96. The smallest absolute Gasteiger partial charge is 0.282 e. The number of nitrogens with zero attached hydrogens (tertiary/aromatic N) is 2. The summed E-state index contributed by atoms with van der Waals surface area (Å²) in [5.74, 6) is 11.7. The fourth-order valence-corrected chi connectivity index (χ4v) is 3.07. The van der Waals surface area contributed by atoms with E-state index in [4.69, 9.17) is 33.0 Å². The van der Waals surface area contributed by atoms with Crippen LogP contribution in [0, 0.1) is 0 Å². The number of hydrogen-bond donors (Lipinski definition) is 4. The van der Waals surface area contributed by atoms with Gasteiger partial charge in [-0.3, -0.25) is 19.1 Å². The number of nitrogens with two attached hydrogens (primary N) is 2. The zero-order chi connectivity index (χ0) is 19.7. The summed E-state index contributed by atoms with van der Waals surface area (Å²) in [4.78, 5) is -0.628. The van der Waals surface area contributed by atoms with Gasteiger partial charge in [0.05, 0.1) is 21.2 Å². The highest BCUT2D eigenvalue weighted by molar-refractivity contribution is 7.86. The van der Waals surface area contributed by atoms with Crippen LogP contribution in [0.25, 0.3) is 0 Å². The maximum Gasteiger partial charge on any atom is 0.294 e. The Bertz CT molecular complexity index is 937. The molecule has 0 spiro atoms. The normalized spacial score (nSPS) is 11.8. The molecule has 2 aromatic rings. The summed E-state index contributed by atoms with van der Waals surface area (Å²) in [6.07, 6.45) is 0. The molecule has 2 rings (SSSR count). The first kappa shape index (κ1) is 20.2. The molecule has 0 fully saturated rings. The molecule has 6 N–H and O–H groups in total. The van der Waals surface area contributed by atoms with Crippen LogP contribution < -0.4 is 21.7 Å². The summed E-state index contributed by atoms with van der Waals surface area (Å²) in [5.41, 5.74) is 0.569. The van der Waals surface area contributed by atoms with Gasteiger partial charge in [-0.25, -0.2) is 11.7 Å². The van der Waals surface area contributed by atoms with Crippen molar-refractivity contribution in [2.45, 2.75) is 9.79 Å². The van der Waals surface area contributed by atoms with Gasteiger partial charge in [-0.05, 0) is 60.7 Å². The van der Waals surface area contributed by atoms with Gasteiger partial charge >= 0.3 is 0 Å². The van der Waals surface area contributed by atoms with Crippen molar-refractivity contribution in [2.75, 3.05) is 10.0 Å². The van der Waals surface area contributed by atoms with Gasteiger partial charge in [0.15, 0.2) is 0 Å². The van der Waals surface area contributed by atoms with Gasteiger partial charge in [-0.1, -0.05) is 0 Å². The van der Waals surface area contributed by atoms with Gasteiger partial charge in [0, 0.05) is 0 Å². The third kappa shape index (κ3) is 4.53. The van der Waals surface area contributed by atoms with Gasteiger partial charge in [0.25, 0.3) is 20.2 Å². The van der Waals surface area contributed by atoms with E-state index in [0.717, 1.165) is 34.3 Å². The highest BCUT2D eigenvalue weighted by Gasteiger charge is 2.17. The summed E-state index contributed by atoms with van der Waals surface area (Å²) in [6, 6.07) is 9.78. The molecule has 0 unspecified atom stereocenters. The van der Waals surface area contributed by atoms with Crippen LogP contribution in [0.2, 0.25) is 0 Å². The quantitative estimate of drug-likeness (QED) is 0.236. The van der Waals surface area contributed by atoms with Crippen molar-refractivity contribution in [3.63, 3.8) is 0 Å². The Kier molecular flexibility index (Phi) is 5.62. The van der Waals surface area contributed by atoms with E-state index in [0.29, 0.717) is 0 Å². The van der Waals surface area contributed by atoms with E-state index in [9.17, 15) is 16.8 Å². The van der Waals surface area contributed by atoms with Gasteiger partial charge in [-0.2, -0.15) is 16.8 Å². The van der Waals surface area contributed by atoms with Crippen molar-refractivity contribution in [2.24, 2.45) is 11.7 Å². The summed E-state index contributed by atoms with van der Waals surface area (Å²) in [6.45, 7) is 0. The number of anilines is 2. The lowest BCUT2D eigenvalue weighted by molar-refractivity contribution is 0.481. The molecule has 0 atom stereocenters. The van der Waals surface area contributed by atoms with Gasteiger partial charge in [0.1, 0.15) is 0 Å². The average Bonchev–Trinajstić information content (AvgIpc) is 2.58. The standard InChI is InChI=1S/C13H14N4O6S3/c14-16(9-1-5-11(6-2-9)25(18,19)20)13(24)17(15)10-3-7-12(8-4-10)26(21,22)23/h1-8H,14-15H2,(H,18,19,20)(H,21,22,23). The molecule has 2 aromatic carbocycles. The van der Waals surface area contributed by atoms with E-state index in [1.165, 1.54) is 24.3 Å². The van der Waals surface area contributed by atoms with E-state index >= 15 is 0 Å². The van der Waals surface area contributed by atoms with Crippen molar-refractivity contribution in [3.8, 4) is 0 Å². The molecule has 10 nitrogen and oxygen atoms in total. The van der Waals surface area contributed by atoms with Crippen LogP contribution in [0.15, 0.2) is 58.3 Å². The van der Waals surface area contributed by atoms with E-state index in [1.807, 2.05) is 0 Å². The summed E-state index contributed by atoms with van der Waals surface area (Å²) >= 11 is 5.14. The number of hydrazine groups is 2. The minimum absolute atomic E-state index is 0.0933. The SMILES string of the molecule is NN(C(=S)N(N)c1ccc(S(=O)(=O)O)cc1)c1ccc(S(=O)(=O)O)cc1. The Hall–Kier alpha value is -2.13. The molecule has 0 amide bonds. The molecular formula is C13H14N4O6S3. The average molecular weight is 418 g/mol. The van der Waals surface area contributed by atoms with Crippen molar-refractivity contribution in [1.29, 1.82) is 0 Å². The molecule has 13 heteroatoms. The molecule has 0 aliphatic heterocycles. The third-order valence-corrected chi connectivity index (χ3v) is 5.37. The highest BCUT2D eigenvalue weighted by Crippen LogP contribution is 2.20. The lowest BCUT2D eigenvalue weighted by atomic mass is 10.3. The first-order chi connectivity index (χ1) is 11.9. The van der Waals surface area contributed by atoms with Gasteiger partial charge < -0.3 is 0 Å². The Morgan fingerprint density at radius 2 is 1.00 bits per heavy atom. The molecule has 140 valence electrons. The Balaban J connectivity index is 2.22. The van der Waals surface area contributed by atoms with Gasteiger partial charge in [0.2, 0.25) is 5.11 Å². The minimum atomic E-state index is -4.34. The van der Waals surface area contributed by atoms with E-state index in [2.05, 4.69) is 0 Å². The topological polar surface area (TPSA) is 167 Å². The molecular weight excluding hydrogens is 404 g/mol. The lowest BCUT2D eigenvalue weighted by Gasteiger charge is -2.27. The predicted molar refractivity (Wildman–Crippen MR) is 98.4 cm³/mol. The highest BCUT2D eigenvalue weighted by atomic mass is 32.2. The van der Waals surface area contributed by atoms with Crippen molar-refractivity contribution < 1.29 is 25.9 Å². The van der Waals surface area contributed by atoms with Crippen LogP contribution in [0.1, 0.15) is 0 Å². The molecule has 0 saturated heterocycles. The molecule has 26 heavy (non-hydrogen) atoms. The maximum absolute atomic E-state index is 11.0. The Labute approximate surface area is 155 Å². The summed E-state index contributed by atoms with van der Waals surface area (Å²) in [5, 5.41) is 1.88. The minimum Gasteiger partial charge on any atom is -0.282 e. The lowest BCUT2D eigenvalue weighted by Crippen LogP contribution is -2.50. The Morgan fingerprint density at radius 1 is 0.731 bits per heavy atom. The fraction of sp³-hybridized carbons (Fsp3) is 0. The second kappa shape index (κ2) is 7.24. The third-order valence-electron chi connectivity index (χ3n) is 3.24. The molecule has 0 bridgehead atoms. The monoisotopic (exact) mass is 418 g/mol. The summed E-state index contributed by atoms with van der Waals surface area (Å²) in [7, 11) is -8.68. The molecule has 0 saturated carbocycles. The van der Waals surface area contributed by atoms with Crippen molar-refractivity contribution in [1.82, 2.24) is 0 Å².